The van der Waals surface area contributed by atoms with Crippen LogP contribution in [0.5, 0.6) is 0 Å². The number of rotatable bonds is 5. The maximum Gasteiger partial charge on any atom is 0.226 e. The third-order valence-electron chi connectivity index (χ3n) is 7.98. The quantitative estimate of drug-likeness (QED) is 0.197. The molecule has 0 radical (unpaired) electrons. The molecule has 1 aromatic heterocycles. The molecule has 0 atom stereocenters. The van der Waals surface area contributed by atoms with Crippen LogP contribution >= 0.6 is 11.6 Å². The Balaban J connectivity index is 1.17. The second-order valence-corrected chi connectivity index (χ2v) is 11.0. The van der Waals surface area contributed by atoms with Gasteiger partial charge in [0.25, 0.3) is 0 Å². The van der Waals surface area contributed by atoms with Crippen LogP contribution < -0.4 is 0 Å². The summed E-state index contributed by atoms with van der Waals surface area (Å²) in [5, 5.41) is 4.09. The lowest BCUT2D eigenvalue weighted by molar-refractivity contribution is 1.07. The number of hydrogen-bond donors (Lipinski definition) is 0. The lowest BCUT2D eigenvalue weighted by Gasteiger charge is -2.12. The minimum absolute atomic E-state index is 0.0851. The van der Waals surface area contributed by atoms with Gasteiger partial charge in [0, 0.05) is 11.1 Å². The highest BCUT2D eigenvalue weighted by molar-refractivity contribution is 6.28. The topological polar surface area (TPSA) is 38.7 Å². The van der Waals surface area contributed by atoms with Gasteiger partial charge in [-0.25, -0.2) is 4.98 Å². The van der Waals surface area contributed by atoms with Crippen molar-refractivity contribution in [2.45, 2.75) is 0 Å². The predicted molar refractivity (Wildman–Crippen MR) is 187 cm³/mol. The van der Waals surface area contributed by atoms with Crippen LogP contribution in [0.25, 0.3) is 77.7 Å². The van der Waals surface area contributed by atoms with Crippen molar-refractivity contribution < 1.29 is 6.85 Å². The SMILES string of the molecule is [2H]c1c([2H])c([2H])c(-c2cccc3c(-c4cccc(-c5nc(Cl)nc(-c6ccc(-c7cccc8ccccc78)cc6)n5)c4)cccc23)c([2H])c1[2H]. The van der Waals surface area contributed by atoms with Crippen LogP contribution in [0.4, 0.5) is 0 Å². The molecule has 0 saturated heterocycles. The standard InChI is InChI=1S/C41H26ClN3/c42-41-44-39(30-24-22-29(23-25-30)34-17-7-13-28-12-4-5-16-33(28)34)43-40(45-41)32-15-6-14-31(26-32)36-19-9-20-37-35(18-8-21-38(36)37)27-10-2-1-3-11-27/h1-26H/i1D,2D,3D,10D,11D. The monoisotopic (exact) mass is 600 g/mol. The fraction of sp³-hybridized carbons (Fsp3) is 0. The molecule has 0 saturated carbocycles. The molecule has 8 aromatic rings. The van der Waals surface area contributed by atoms with Crippen LogP contribution in [0.3, 0.4) is 0 Å². The molecule has 0 amide bonds. The zero-order chi connectivity index (χ0) is 34.5. The van der Waals surface area contributed by atoms with Gasteiger partial charge in [0.1, 0.15) is 0 Å². The third kappa shape index (κ3) is 5.14. The highest BCUT2D eigenvalue weighted by Crippen LogP contribution is 2.36. The first-order valence-electron chi connectivity index (χ1n) is 17.0. The smallest absolute Gasteiger partial charge is 0.208 e. The van der Waals surface area contributed by atoms with E-state index in [9.17, 15) is 0 Å². The average molecular weight is 601 g/mol. The molecule has 0 spiro atoms. The van der Waals surface area contributed by atoms with Gasteiger partial charge < -0.3 is 0 Å². The number of benzene rings is 7. The number of halogens is 1. The lowest BCUT2D eigenvalue weighted by atomic mass is 9.92. The summed E-state index contributed by atoms with van der Waals surface area (Å²) in [5.74, 6) is 0.892. The average Bonchev–Trinajstić information content (AvgIpc) is 3.16. The Hall–Kier alpha value is -5.64. The molecule has 0 N–H and O–H groups in total. The van der Waals surface area contributed by atoms with Crippen molar-refractivity contribution in [2.24, 2.45) is 0 Å². The van der Waals surface area contributed by atoms with Crippen molar-refractivity contribution >= 4 is 33.1 Å². The number of aromatic nitrogens is 3. The van der Waals surface area contributed by atoms with Gasteiger partial charge in [0.2, 0.25) is 5.28 Å². The molecule has 0 aliphatic rings. The molecule has 7 aromatic carbocycles. The van der Waals surface area contributed by atoms with E-state index < -0.39 is 6.04 Å². The van der Waals surface area contributed by atoms with Gasteiger partial charge in [-0.1, -0.05) is 152 Å². The Kier molecular flexibility index (Phi) is 5.59. The van der Waals surface area contributed by atoms with E-state index >= 15 is 0 Å². The Morgan fingerprint density at radius 2 is 0.956 bits per heavy atom. The summed E-state index contributed by atoms with van der Waals surface area (Å²) in [6.07, 6.45) is 0. The Morgan fingerprint density at radius 3 is 1.71 bits per heavy atom. The molecule has 8 rings (SSSR count). The summed E-state index contributed by atoms with van der Waals surface area (Å²) >= 11 is 6.48. The van der Waals surface area contributed by atoms with E-state index in [4.69, 9.17) is 23.4 Å². The lowest BCUT2D eigenvalue weighted by Crippen LogP contribution is -1.97. The van der Waals surface area contributed by atoms with Crippen molar-refractivity contribution in [2.75, 3.05) is 0 Å². The second kappa shape index (κ2) is 11.5. The molecular weight excluding hydrogens is 570 g/mol. The summed E-state index contributed by atoms with van der Waals surface area (Å²) in [6.45, 7) is 0. The van der Waals surface area contributed by atoms with Gasteiger partial charge in [-0.05, 0) is 72.6 Å². The fourth-order valence-electron chi connectivity index (χ4n) is 5.87. The first-order chi connectivity index (χ1) is 24.3. The van der Waals surface area contributed by atoms with E-state index in [2.05, 4.69) is 52.4 Å². The van der Waals surface area contributed by atoms with Crippen LogP contribution in [0.15, 0.2) is 158 Å². The van der Waals surface area contributed by atoms with Gasteiger partial charge in [-0.2, -0.15) is 9.97 Å². The van der Waals surface area contributed by atoms with E-state index in [1.54, 1.807) is 6.07 Å². The van der Waals surface area contributed by atoms with E-state index in [1.165, 1.54) is 10.8 Å². The normalized spacial score (nSPS) is 12.8. The number of nitrogens with zero attached hydrogens (tertiary/aromatic N) is 3. The first-order valence-corrected chi connectivity index (χ1v) is 14.9. The molecule has 0 unspecified atom stereocenters. The van der Waals surface area contributed by atoms with Gasteiger partial charge in [-0.15, -0.1) is 0 Å². The summed E-state index contributed by atoms with van der Waals surface area (Å²) in [7, 11) is 0. The zero-order valence-corrected chi connectivity index (χ0v) is 24.6. The maximum absolute atomic E-state index is 8.56. The van der Waals surface area contributed by atoms with E-state index in [-0.39, 0.29) is 35.0 Å². The Morgan fingerprint density at radius 1 is 0.422 bits per heavy atom. The zero-order valence-electron chi connectivity index (χ0n) is 28.8. The molecule has 0 aliphatic carbocycles. The van der Waals surface area contributed by atoms with Crippen LogP contribution in [-0.2, 0) is 0 Å². The van der Waals surface area contributed by atoms with Gasteiger partial charge in [0.15, 0.2) is 11.6 Å². The summed E-state index contributed by atoms with van der Waals surface area (Å²) in [6, 6.07) is 40.4. The highest BCUT2D eigenvalue weighted by atomic mass is 35.5. The molecule has 0 bridgehead atoms. The molecule has 0 fully saturated rings. The first kappa shape index (κ1) is 22.0. The van der Waals surface area contributed by atoms with Crippen LogP contribution in [-0.4, -0.2) is 15.0 Å². The maximum atomic E-state index is 8.56. The van der Waals surface area contributed by atoms with Crippen molar-refractivity contribution in [1.29, 1.82) is 0 Å². The Labute approximate surface area is 273 Å². The van der Waals surface area contributed by atoms with Crippen LogP contribution in [0.1, 0.15) is 6.85 Å². The third-order valence-corrected chi connectivity index (χ3v) is 8.14. The number of hydrogen-bond acceptors (Lipinski definition) is 3. The minimum Gasteiger partial charge on any atom is -0.208 e. The molecule has 0 aliphatic heterocycles. The largest absolute Gasteiger partial charge is 0.226 e. The minimum atomic E-state index is -0.416. The van der Waals surface area contributed by atoms with Crippen molar-refractivity contribution in [1.82, 2.24) is 15.0 Å². The Bertz CT molecular complexity index is 2590. The van der Waals surface area contributed by atoms with E-state index in [1.807, 2.05) is 78.9 Å². The van der Waals surface area contributed by atoms with Crippen molar-refractivity contribution in [3.05, 3.63) is 163 Å². The number of fused-ring (bicyclic) bond motifs is 2. The van der Waals surface area contributed by atoms with Crippen molar-refractivity contribution in [3.8, 4) is 56.2 Å². The summed E-state index contributed by atoms with van der Waals surface area (Å²) < 4.78 is 41.5. The predicted octanol–water partition coefficient (Wildman–Crippen LogP) is 11.2. The highest BCUT2D eigenvalue weighted by Gasteiger charge is 2.13. The fourth-order valence-corrected chi connectivity index (χ4v) is 6.03. The summed E-state index contributed by atoms with van der Waals surface area (Å²) in [4.78, 5) is 13.7. The van der Waals surface area contributed by atoms with E-state index in [0.717, 1.165) is 44.2 Å². The van der Waals surface area contributed by atoms with Crippen LogP contribution in [0.2, 0.25) is 5.28 Å². The van der Waals surface area contributed by atoms with E-state index in [0.29, 0.717) is 17.2 Å². The molecule has 45 heavy (non-hydrogen) atoms. The summed E-state index contributed by atoms with van der Waals surface area (Å²) in [5.41, 5.74) is 6.33. The van der Waals surface area contributed by atoms with Crippen LogP contribution in [0, 0.1) is 0 Å². The van der Waals surface area contributed by atoms with Crippen molar-refractivity contribution in [3.63, 3.8) is 0 Å². The molecular formula is C41H26ClN3. The second-order valence-electron chi connectivity index (χ2n) is 10.6. The van der Waals surface area contributed by atoms with Gasteiger partial charge in [-0.3, -0.25) is 0 Å². The molecule has 3 nitrogen and oxygen atoms in total. The van der Waals surface area contributed by atoms with Gasteiger partial charge >= 0.3 is 0 Å². The molecule has 1 heterocycles. The molecule has 212 valence electrons. The molecule has 4 heteroatoms. The van der Waals surface area contributed by atoms with Gasteiger partial charge in [0.05, 0.1) is 6.85 Å².